The number of ether oxygens (including phenoxy) is 1. The van der Waals surface area contributed by atoms with E-state index in [4.69, 9.17) is 10.5 Å². The fourth-order valence-electron chi connectivity index (χ4n) is 3.97. The lowest BCUT2D eigenvalue weighted by molar-refractivity contribution is 0.128. The molecule has 3 N–H and O–H groups in total. The Labute approximate surface area is 157 Å². The van der Waals surface area contributed by atoms with Crippen molar-refractivity contribution in [2.75, 3.05) is 6.61 Å². The van der Waals surface area contributed by atoms with Gasteiger partial charge in [-0.15, -0.1) is 0 Å². The Morgan fingerprint density at radius 1 is 1.08 bits per heavy atom. The van der Waals surface area contributed by atoms with Crippen molar-refractivity contribution in [1.29, 1.82) is 0 Å². The van der Waals surface area contributed by atoms with E-state index in [0.717, 1.165) is 28.0 Å². The molecule has 0 aromatic heterocycles. The van der Waals surface area contributed by atoms with Crippen LogP contribution in [0.25, 0.3) is 10.8 Å². The van der Waals surface area contributed by atoms with Crippen LogP contribution in [0.1, 0.15) is 64.4 Å². The van der Waals surface area contributed by atoms with E-state index < -0.39 is 5.54 Å². The molecular formula is C23H33NO2. The van der Waals surface area contributed by atoms with Crippen LogP contribution in [-0.2, 0) is 5.54 Å². The molecule has 2 aromatic carbocycles. The van der Waals surface area contributed by atoms with Crippen LogP contribution < -0.4 is 10.5 Å². The van der Waals surface area contributed by atoms with Crippen LogP contribution in [0.5, 0.6) is 5.75 Å². The number of benzene rings is 2. The maximum Gasteiger partial charge on any atom is 0.120 e. The van der Waals surface area contributed by atoms with E-state index in [9.17, 15) is 5.11 Å². The number of rotatable bonds is 7. The molecule has 0 radical (unpaired) electrons. The first-order chi connectivity index (χ1) is 12.5. The summed E-state index contributed by atoms with van der Waals surface area (Å²) >= 11 is 0. The molecule has 142 valence electrons. The summed E-state index contributed by atoms with van der Waals surface area (Å²) in [5.41, 5.74) is 6.39. The Kier molecular flexibility index (Phi) is 6.20. The third-order valence-corrected chi connectivity index (χ3v) is 5.86. The zero-order valence-corrected chi connectivity index (χ0v) is 16.2. The maximum atomic E-state index is 9.47. The quantitative estimate of drug-likeness (QED) is 0.723. The van der Waals surface area contributed by atoms with Crippen LogP contribution in [0.15, 0.2) is 36.4 Å². The fourth-order valence-corrected chi connectivity index (χ4v) is 3.97. The fraction of sp³-hybridized carbons (Fsp3) is 0.565. The lowest BCUT2D eigenvalue weighted by Crippen LogP contribution is -2.36. The van der Waals surface area contributed by atoms with Crippen LogP contribution in [0.4, 0.5) is 0 Å². The van der Waals surface area contributed by atoms with Gasteiger partial charge in [-0.1, -0.05) is 44.4 Å². The summed E-state index contributed by atoms with van der Waals surface area (Å²) in [7, 11) is 0. The number of hydrogen-bond donors (Lipinski definition) is 2. The highest BCUT2D eigenvalue weighted by molar-refractivity contribution is 5.84. The van der Waals surface area contributed by atoms with Gasteiger partial charge in [0.15, 0.2) is 0 Å². The van der Waals surface area contributed by atoms with E-state index in [-0.39, 0.29) is 6.61 Å². The summed E-state index contributed by atoms with van der Waals surface area (Å²) < 4.78 is 6.27. The predicted octanol–water partition coefficient (Wildman–Crippen LogP) is 5.13. The normalized spacial score (nSPS) is 22.9. The van der Waals surface area contributed by atoms with Crippen molar-refractivity contribution in [3.05, 3.63) is 42.0 Å². The van der Waals surface area contributed by atoms with Crippen molar-refractivity contribution in [3.63, 3.8) is 0 Å². The van der Waals surface area contributed by atoms with Crippen molar-refractivity contribution < 1.29 is 9.84 Å². The summed E-state index contributed by atoms with van der Waals surface area (Å²) in [6, 6.07) is 12.4. The number of aliphatic hydroxyl groups is 1. The van der Waals surface area contributed by atoms with E-state index in [1.807, 2.05) is 13.0 Å². The number of aliphatic hydroxyl groups excluding tert-OH is 1. The van der Waals surface area contributed by atoms with Gasteiger partial charge in [-0.2, -0.15) is 0 Å². The minimum Gasteiger partial charge on any atom is -0.490 e. The van der Waals surface area contributed by atoms with Crippen LogP contribution in [0.2, 0.25) is 0 Å². The molecule has 3 heteroatoms. The molecule has 1 unspecified atom stereocenters. The first-order valence-corrected chi connectivity index (χ1v) is 10.1. The van der Waals surface area contributed by atoms with Crippen molar-refractivity contribution in [3.8, 4) is 5.75 Å². The number of fused-ring (bicyclic) bond motifs is 1. The molecule has 1 saturated carbocycles. The van der Waals surface area contributed by atoms with E-state index in [1.165, 1.54) is 44.9 Å². The van der Waals surface area contributed by atoms with E-state index in [0.29, 0.717) is 6.10 Å². The van der Waals surface area contributed by atoms with Gasteiger partial charge in [-0.3, -0.25) is 0 Å². The molecule has 0 spiro atoms. The minimum atomic E-state index is -0.709. The zero-order chi connectivity index (χ0) is 18.6. The van der Waals surface area contributed by atoms with E-state index in [1.54, 1.807) is 0 Å². The predicted molar refractivity (Wildman–Crippen MR) is 108 cm³/mol. The van der Waals surface area contributed by atoms with E-state index >= 15 is 0 Å². The third-order valence-electron chi connectivity index (χ3n) is 5.86. The van der Waals surface area contributed by atoms with Gasteiger partial charge in [0, 0.05) is 0 Å². The Morgan fingerprint density at radius 3 is 2.46 bits per heavy atom. The molecule has 1 atom stereocenters. The Morgan fingerprint density at radius 2 is 1.77 bits per heavy atom. The molecule has 0 saturated heterocycles. The van der Waals surface area contributed by atoms with E-state index in [2.05, 4.69) is 37.3 Å². The lowest BCUT2D eigenvalue weighted by atomic mass is 9.84. The largest absolute Gasteiger partial charge is 0.490 e. The third kappa shape index (κ3) is 4.57. The summed E-state index contributed by atoms with van der Waals surface area (Å²) in [5, 5.41) is 11.7. The average molecular weight is 356 g/mol. The Hall–Kier alpha value is -1.58. The van der Waals surface area contributed by atoms with Gasteiger partial charge >= 0.3 is 0 Å². The number of nitrogens with two attached hydrogens (primary N) is 1. The monoisotopic (exact) mass is 355 g/mol. The van der Waals surface area contributed by atoms with Crippen molar-refractivity contribution in [1.82, 2.24) is 0 Å². The Bertz CT molecular complexity index is 717. The van der Waals surface area contributed by atoms with Gasteiger partial charge < -0.3 is 15.6 Å². The lowest BCUT2D eigenvalue weighted by Gasteiger charge is -2.29. The molecule has 0 heterocycles. The Balaban J connectivity index is 1.64. The summed E-state index contributed by atoms with van der Waals surface area (Å²) in [6.45, 7) is 4.05. The standard InChI is InChI=1S/C23H33NO2/c1-3-4-5-17-6-11-21(12-7-17)26-22-13-9-18-14-20(23(2,24)16-25)10-8-19(18)15-22/h8-10,13-15,17,21,25H,3-7,11-12,16,24H2,1-2H3. The van der Waals surface area contributed by atoms with Gasteiger partial charge in [-0.25, -0.2) is 0 Å². The highest BCUT2D eigenvalue weighted by atomic mass is 16.5. The molecule has 1 fully saturated rings. The molecule has 26 heavy (non-hydrogen) atoms. The highest BCUT2D eigenvalue weighted by Gasteiger charge is 2.22. The van der Waals surface area contributed by atoms with Gasteiger partial charge in [0.25, 0.3) is 0 Å². The van der Waals surface area contributed by atoms with Crippen LogP contribution >= 0.6 is 0 Å². The summed E-state index contributed by atoms with van der Waals surface area (Å²) in [6.07, 6.45) is 9.36. The smallest absolute Gasteiger partial charge is 0.120 e. The molecule has 1 aliphatic rings. The molecule has 3 nitrogen and oxygen atoms in total. The molecular weight excluding hydrogens is 322 g/mol. The SMILES string of the molecule is CCCCC1CCC(Oc2ccc3cc(C(C)(N)CO)ccc3c2)CC1. The van der Waals surface area contributed by atoms with Crippen molar-refractivity contribution in [2.24, 2.45) is 11.7 Å². The maximum absolute atomic E-state index is 9.47. The average Bonchev–Trinajstić information content (AvgIpc) is 2.67. The molecule has 0 bridgehead atoms. The second-order valence-electron chi connectivity index (χ2n) is 8.20. The van der Waals surface area contributed by atoms with Gasteiger partial charge in [0.1, 0.15) is 5.75 Å². The highest BCUT2D eigenvalue weighted by Crippen LogP contribution is 2.32. The summed E-state index contributed by atoms with van der Waals surface area (Å²) in [4.78, 5) is 0. The number of unbranched alkanes of at least 4 members (excludes halogenated alkanes) is 1. The van der Waals surface area contributed by atoms with Gasteiger partial charge in [-0.05, 0) is 73.1 Å². The molecule has 0 amide bonds. The first kappa shape index (κ1) is 19.2. The molecule has 1 aliphatic carbocycles. The second-order valence-corrected chi connectivity index (χ2v) is 8.20. The molecule has 3 rings (SSSR count). The van der Waals surface area contributed by atoms with Gasteiger partial charge in [0.05, 0.1) is 18.2 Å². The van der Waals surface area contributed by atoms with Crippen LogP contribution in [0.3, 0.4) is 0 Å². The van der Waals surface area contributed by atoms with Crippen molar-refractivity contribution >= 4 is 10.8 Å². The second kappa shape index (κ2) is 8.41. The summed E-state index contributed by atoms with van der Waals surface area (Å²) in [5.74, 6) is 1.86. The van der Waals surface area contributed by atoms with Crippen LogP contribution in [-0.4, -0.2) is 17.8 Å². The van der Waals surface area contributed by atoms with Gasteiger partial charge in [0.2, 0.25) is 0 Å². The zero-order valence-electron chi connectivity index (χ0n) is 16.2. The first-order valence-electron chi connectivity index (χ1n) is 10.1. The number of hydrogen-bond acceptors (Lipinski definition) is 3. The van der Waals surface area contributed by atoms with Crippen molar-refractivity contribution in [2.45, 2.75) is 70.4 Å². The molecule has 2 aromatic rings. The minimum absolute atomic E-state index is 0.0688. The molecule has 0 aliphatic heterocycles. The van der Waals surface area contributed by atoms with Crippen LogP contribution in [0, 0.1) is 5.92 Å². The topological polar surface area (TPSA) is 55.5 Å².